The zero-order valence-corrected chi connectivity index (χ0v) is 20.2. The largest absolute Gasteiger partial charge is 0.497 e. The normalized spacial score (nSPS) is 22.2. The van der Waals surface area contributed by atoms with Gasteiger partial charge in [0.25, 0.3) is 5.91 Å². The monoisotopic (exact) mass is 452 g/mol. The van der Waals surface area contributed by atoms with Gasteiger partial charge in [-0.05, 0) is 86.6 Å². The number of nitrogens with zero attached hydrogens (tertiary/aromatic N) is 1. The fourth-order valence-electron chi connectivity index (χ4n) is 5.27. The maximum Gasteiger partial charge on any atom is 0.251 e. The third-order valence-corrected chi connectivity index (χ3v) is 7.32. The Labute approximate surface area is 197 Å². The number of amides is 1. The fraction of sp³-hybridized carbons (Fsp3) is 0.519. The number of nitrogens with one attached hydrogen (secondary N) is 1. The van der Waals surface area contributed by atoms with E-state index in [0.29, 0.717) is 30.9 Å². The Hall–Kier alpha value is -2.57. The van der Waals surface area contributed by atoms with Crippen molar-refractivity contribution in [3.8, 4) is 11.5 Å². The van der Waals surface area contributed by atoms with E-state index < -0.39 is 0 Å². The van der Waals surface area contributed by atoms with E-state index in [2.05, 4.69) is 36.2 Å². The first-order valence-corrected chi connectivity index (χ1v) is 11.9. The molecule has 2 aliphatic heterocycles. The Balaban J connectivity index is 1.36. The molecule has 2 aromatic rings. The summed E-state index contributed by atoms with van der Waals surface area (Å²) in [6.07, 6.45) is 4.43. The molecule has 2 unspecified atom stereocenters. The molecule has 33 heavy (non-hydrogen) atoms. The lowest BCUT2D eigenvalue weighted by Crippen LogP contribution is -2.50. The molecular weight excluding hydrogens is 416 g/mol. The quantitative estimate of drug-likeness (QED) is 0.576. The van der Waals surface area contributed by atoms with Gasteiger partial charge in [-0.3, -0.25) is 9.69 Å². The number of rotatable bonds is 9. The minimum absolute atomic E-state index is 0.00559. The van der Waals surface area contributed by atoms with Crippen LogP contribution >= 0.6 is 0 Å². The third kappa shape index (κ3) is 5.33. The standard InChI is InChI=1S/C27H36N2O4/c1-18-19(2)26(33-14-13-31-3)12-7-21(18)17-29-23-8-9-24(29)16-22(15-23)28-27(30)20-5-10-25(32-4)11-6-20/h5-7,10-12,22-24H,8-9,13-17H2,1-4H3,(H,28,30). The van der Waals surface area contributed by atoms with Crippen LogP contribution < -0.4 is 14.8 Å². The van der Waals surface area contributed by atoms with Gasteiger partial charge in [0.1, 0.15) is 18.1 Å². The van der Waals surface area contributed by atoms with Crippen LogP contribution in [0.2, 0.25) is 0 Å². The predicted octanol–water partition coefficient (Wildman–Crippen LogP) is 4.26. The van der Waals surface area contributed by atoms with Crippen molar-refractivity contribution in [3.63, 3.8) is 0 Å². The van der Waals surface area contributed by atoms with Gasteiger partial charge in [-0.2, -0.15) is 0 Å². The maximum atomic E-state index is 12.7. The minimum atomic E-state index is 0.00559. The van der Waals surface area contributed by atoms with E-state index in [4.69, 9.17) is 14.2 Å². The first-order chi connectivity index (χ1) is 16.0. The van der Waals surface area contributed by atoms with Crippen LogP contribution in [0.5, 0.6) is 11.5 Å². The van der Waals surface area contributed by atoms with Crippen LogP contribution in [0.1, 0.15) is 52.7 Å². The highest BCUT2D eigenvalue weighted by Crippen LogP contribution is 2.38. The average Bonchev–Trinajstić information content (AvgIpc) is 3.05. The molecule has 2 saturated heterocycles. The highest BCUT2D eigenvalue weighted by Gasteiger charge is 2.41. The van der Waals surface area contributed by atoms with Gasteiger partial charge in [0.05, 0.1) is 13.7 Å². The molecule has 2 fully saturated rings. The van der Waals surface area contributed by atoms with Crippen LogP contribution in [0.3, 0.4) is 0 Å². The lowest BCUT2D eigenvalue weighted by Gasteiger charge is -2.39. The molecule has 1 N–H and O–H groups in total. The van der Waals surface area contributed by atoms with Crippen LogP contribution in [-0.2, 0) is 11.3 Å². The van der Waals surface area contributed by atoms with Crippen molar-refractivity contribution in [2.24, 2.45) is 0 Å². The van der Waals surface area contributed by atoms with Crippen molar-refractivity contribution in [1.82, 2.24) is 10.2 Å². The SMILES string of the molecule is COCCOc1ccc(CN2C3CCC2CC(NC(=O)c2ccc(OC)cc2)C3)c(C)c1C. The number of piperidine rings is 1. The number of methoxy groups -OCH3 is 2. The van der Waals surface area contributed by atoms with Crippen LogP contribution in [0.4, 0.5) is 0 Å². The molecule has 0 aliphatic carbocycles. The van der Waals surface area contributed by atoms with Gasteiger partial charge in [-0.1, -0.05) is 6.07 Å². The predicted molar refractivity (Wildman–Crippen MR) is 129 cm³/mol. The van der Waals surface area contributed by atoms with E-state index in [-0.39, 0.29) is 11.9 Å². The van der Waals surface area contributed by atoms with Crippen molar-refractivity contribution in [1.29, 1.82) is 0 Å². The van der Waals surface area contributed by atoms with E-state index in [1.807, 2.05) is 24.3 Å². The third-order valence-electron chi connectivity index (χ3n) is 7.32. The Morgan fingerprint density at radius 1 is 0.970 bits per heavy atom. The van der Waals surface area contributed by atoms with Crippen molar-refractivity contribution < 1.29 is 19.0 Å². The molecule has 1 amide bonds. The summed E-state index contributed by atoms with van der Waals surface area (Å²) in [7, 11) is 3.32. The summed E-state index contributed by atoms with van der Waals surface area (Å²) in [6, 6.07) is 12.9. The summed E-state index contributed by atoms with van der Waals surface area (Å²) in [5.41, 5.74) is 4.56. The second-order valence-corrected chi connectivity index (χ2v) is 9.24. The highest BCUT2D eigenvalue weighted by atomic mass is 16.5. The number of hydrogen-bond donors (Lipinski definition) is 1. The van der Waals surface area contributed by atoms with E-state index in [0.717, 1.165) is 30.9 Å². The minimum Gasteiger partial charge on any atom is -0.497 e. The highest BCUT2D eigenvalue weighted by molar-refractivity contribution is 5.94. The molecule has 0 aromatic heterocycles. The molecule has 6 nitrogen and oxygen atoms in total. The number of hydrogen-bond acceptors (Lipinski definition) is 5. The molecule has 6 heteroatoms. The molecule has 178 valence electrons. The summed E-state index contributed by atoms with van der Waals surface area (Å²) in [5.74, 6) is 1.71. The number of carbonyl (C=O) groups excluding carboxylic acids is 1. The summed E-state index contributed by atoms with van der Waals surface area (Å²) >= 11 is 0. The van der Waals surface area contributed by atoms with E-state index in [1.54, 1.807) is 14.2 Å². The van der Waals surface area contributed by atoms with Gasteiger partial charge in [-0.15, -0.1) is 0 Å². The molecule has 2 aromatic carbocycles. The van der Waals surface area contributed by atoms with Gasteiger partial charge in [0.2, 0.25) is 0 Å². The van der Waals surface area contributed by atoms with Crippen molar-refractivity contribution in [3.05, 3.63) is 58.7 Å². The van der Waals surface area contributed by atoms with Gasteiger partial charge in [0, 0.05) is 37.3 Å². The summed E-state index contributed by atoms with van der Waals surface area (Å²) in [6.45, 7) is 6.44. The lowest BCUT2D eigenvalue weighted by atomic mass is 9.94. The first-order valence-electron chi connectivity index (χ1n) is 11.9. The van der Waals surface area contributed by atoms with E-state index in [1.165, 1.54) is 29.5 Å². The molecule has 2 bridgehead atoms. The van der Waals surface area contributed by atoms with Gasteiger partial charge in [-0.25, -0.2) is 0 Å². The van der Waals surface area contributed by atoms with Crippen molar-refractivity contribution in [2.45, 2.75) is 64.2 Å². The molecule has 0 spiro atoms. The Bertz CT molecular complexity index is 945. The Kier molecular flexibility index (Phi) is 7.56. The number of fused-ring (bicyclic) bond motifs is 2. The lowest BCUT2D eigenvalue weighted by molar-refractivity contribution is 0.0827. The van der Waals surface area contributed by atoms with Crippen LogP contribution in [0.15, 0.2) is 36.4 Å². The van der Waals surface area contributed by atoms with Crippen molar-refractivity contribution >= 4 is 5.91 Å². The van der Waals surface area contributed by atoms with E-state index in [9.17, 15) is 4.79 Å². The summed E-state index contributed by atoms with van der Waals surface area (Å²) in [4.78, 5) is 15.4. The number of benzene rings is 2. The molecular formula is C27H36N2O4. The number of ether oxygens (including phenoxy) is 3. The Morgan fingerprint density at radius 3 is 2.30 bits per heavy atom. The van der Waals surface area contributed by atoms with Crippen LogP contribution in [0.25, 0.3) is 0 Å². The molecule has 2 atom stereocenters. The fourth-order valence-corrected chi connectivity index (χ4v) is 5.27. The van der Waals surface area contributed by atoms with E-state index >= 15 is 0 Å². The average molecular weight is 453 g/mol. The molecule has 0 radical (unpaired) electrons. The van der Waals surface area contributed by atoms with Crippen LogP contribution in [0, 0.1) is 13.8 Å². The Morgan fingerprint density at radius 2 is 1.67 bits per heavy atom. The van der Waals surface area contributed by atoms with Gasteiger partial charge >= 0.3 is 0 Å². The second kappa shape index (κ2) is 10.6. The number of carbonyl (C=O) groups is 1. The van der Waals surface area contributed by atoms with Crippen LogP contribution in [-0.4, -0.2) is 56.4 Å². The molecule has 4 rings (SSSR count). The zero-order chi connectivity index (χ0) is 23.4. The topological polar surface area (TPSA) is 60.0 Å². The summed E-state index contributed by atoms with van der Waals surface area (Å²) < 4.78 is 16.2. The second-order valence-electron chi connectivity index (χ2n) is 9.24. The molecule has 2 heterocycles. The van der Waals surface area contributed by atoms with Crippen molar-refractivity contribution in [2.75, 3.05) is 27.4 Å². The molecule has 0 saturated carbocycles. The smallest absolute Gasteiger partial charge is 0.251 e. The van der Waals surface area contributed by atoms with Gasteiger partial charge < -0.3 is 19.5 Å². The zero-order valence-electron chi connectivity index (χ0n) is 20.2. The molecule has 2 aliphatic rings. The summed E-state index contributed by atoms with van der Waals surface area (Å²) in [5, 5.41) is 3.28. The maximum absolute atomic E-state index is 12.7. The van der Waals surface area contributed by atoms with Gasteiger partial charge in [0.15, 0.2) is 0 Å². The first kappa shape index (κ1) is 23.6.